The van der Waals surface area contributed by atoms with E-state index in [4.69, 9.17) is 0 Å². The molecule has 0 aliphatic carbocycles. The van der Waals surface area contributed by atoms with Crippen LogP contribution in [0.25, 0.3) is 0 Å². The summed E-state index contributed by atoms with van der Waals surface area (Å²) in [7, 11) is 3.47. The van der Waals surface area contributed by atoms with Crippen molar-refractivity contribution in [3.8, 4) is 0 Å². The molecule has 109 heavy (non-hydrogen) atoms. The first-order valence-electron chi connectivity index (χ1n) is 39.8. The van der Waals surface area contributed by atoms with E-state index >= 15 is 28.8 Å². The highest BCUT2D eigenvalue weighted by Crippen LogP contribution is 2.40. The lowest BCUT2D eigenvalue weighted by Crippen LogP contribution is -2.62. The summed E-state index contributed by atoms with van der Waals surface area (Å²) in [6, 6.07) is 61.0. The number of carbonyl (C=O) groups excluding carboxylic acids is 8. The number of benzene rings is 7. The van der Waals surface area contributed by atoms with E-state index in [1.165, 1.54) is 0 Å². The molecule has 0 spiro atoms. The molecule has 4 aliphatic heterocycles. The largest absolute Gasteiger partial charge is 0.353 e. The van der Waals surface area contributed by atoms with Gasteiger partial charge in [-0.1, -0.05) is 220 Å². The van der Waals surface area contributed by atoms with Crippen LogP contribution in [-0.2, 0) is 75.4 Å². The van der Waals surface area contributed by atoms with E-state index in [0.717, 1.165) is 47.9 Å². The molecular weight excluding hydrogens is 1370 g/mol. The fourth-order valence-corrected chi connectivity index (χ4v) is 16.9. The molecule has 1 unspecified atom stereocenters. The van der Waals surface area contributed by atoms with Gasteiger partial charge in [0.2, 0.25) is 35.4 Å². The lowest BCUT2D eigenvalue weighted by molar-refractivity contribution is -0.145. The minimum atomic E-state index is -1.66. The Labute approximate surface area is 643 Å². The predicted molar refractivity (Wildman–Crippen MR) is 426 cm³/mol. The standard InChI is InChI=1S/C89H112N12O8/c1-5-74(90-3)80(102)96-78-66(55-58-92-59-64-31-13-7-14-32-64)47-49-72-51-53-76(100(72)84(78)106)82(104)98-88(68-35-17-9-18-36-68,69-37-19-10-20-38-69)86(108)94-56-27-25-29-62-43-45-63(46-44-62)30-26-28-57-95-87(109)89(70-39-21-11-22-40-70,71-41-23-12-24-42-71)99-83(105)77-54-52-73-50-48-67(61-93-60-65-33-15-8-16-34-65)79(85(107)101(73)77)97-81(103)75(6-2)91-4/h7-24,31-46,66-67,72-79,90-93H,5-6,25-30,47-61H2,1-4H3,(H,94,108)(H,95,109)(H,96,102)(H,97,103)(H,98,104)(H,99,105)/t66-,67-,72+,73+,74+,75+,76?,77+,78+,79+/m1/s1. The van der Waals surface area contributed by atoms with E-state index in [9.17, 15) is 9.59 Å². The summed E-state index contributed by atoms with van der Waals surface area (Å²) < 4.78 is 0. The van der Waals surface area contributed by atoms with Crippen LogP contribution in [0.4, 0.5) is 0 Å². The molecule has 4 saturated heterocycles. The molecule has 576 valence electrons. The van der Waals surface area contributed by atoms with E-state index in [0.29, 0.717) is 145 Å². The van der Waals surface area contributed by atoms with Crippen molar-refractivity contribution in [1.29, 1.82) is 0 Å². The van der Waals surface area contributed by atoms with E-state index in [-0.39, 0.29) is 47.5 Å². The number of fused-ring (bicyclic) bond motifs is 2. The number of unbranched alkanes of at least 4 members (excludes halogenated alkanes) is 2. The molecule has 20 heteroatoms. The van der Waals surface area contributed by atoms with Gasteiger partial charge >= 0.3 is 0 Å². The molecule has 7 aromatic rings. The van der Waals surface area contributed by atoms with Crippen LogP contribution in [0.5, 0.6) is 0 Å². The Balaban J connectivity index is 0.702. The van der Waals surface area contributed by atoms with Crippen molar-refractivity contribution in [2.24, 2.45) is 11.8 Å². The number of likely N-dealkylation sites (N-methyl/N-ethyl adjacent to an activating group) is 2. The Bertz CT molecular complexity index is 4000. The number of rotatable bonds is 37. The number of nitrogens with one attached hydrogen (secondary N) is 10. The topological polar surface area (TPSA) is 263 Å². The van der Waals surface area contributed by atoms with Gasteiger partial charge in [-0.15, -0.1) is 0 Å². The van der Waals surface area contributed by atoms with Gasteiger partial charge in [0, 0.05) is 50.7 Å². The molecule has 4 heterocycles. The van der Waals surface area contributed by atoms with Gasteiger partial charge in [-0.3, -0.25) is 38.4 Å². The van der Waals surface area contributed by atoms with Crippen LogP contribution < -0.4 is 53.2 Å². The average Bonchev–Trinajstić information content (AvgIpc) is 1.65. The maximum atomic E-state index is 15.3. The number of hydrogen-bond donors (Lipinski definition) is 10. The number of carbonyl (C=O) groups is 8. The molecule has 0 radical (unpaired) electrons. The van der Waals surface area contributed by atoms with Gasteiger partial charge in [-0.2, -0.15) is 0 Å². The second-order valence-electron chi connectivity index (χ2n) is 29.9. The third-order valence-electron chi connectivity index (χ3n) is 23.0. The van der Waals surface area contributed by atoms with Crippen molar-refractivity contribution < 1.29 is 38.4 Å². The molecule has 0 saturated carbocycles. The molecule has 10 N–H and O–H groups in total. The van der Waals surface area contributed by atoms with Crippen molar-refractivity contribution >= 4 is 47.3 Å². The molecule has 10 atom stereocenters. The molecule has 0 bridgehead atoms. The van der Waals surface area contributed by atoms with Crippen molar-refractivity contribution in [3.63, 3.8) is 0 Å². The van der Waals surface area contributed by atoms with Crippen LogP contribution in [0.3, 0.4) is 0 Å². The van der Waals surface area contributed by atoms with Gasteiger partial charge in [0.1, 0.15) is 24.2 Å². The van der Waals surface area contributed by atoms with Gasteiger partial charge in [0.05, 0.1) is 12.1 Å². The number of amides is 8. The molecule has 7 aromatic carbocycles. The second-order valence-corrected chi connectivity index (χ2v) is 29.9. The van der Waals surface area contributed by atoms with Gasteiger partial charge < -0.3 is 63.0 Å². The first-order chi connectivity index (χ1) is 53.2. The van der Waals surface area contributed by atoms with E-state index in [1.807, 2.05) is 184 Å². The molecule has 0 aromatic heterocycles. The SMILES string of the molecule is CC[C@H](NC)C(=O)N[C@@H]1C(=O)N2C(C(=O)NC(C(=O)NCCCCc3ccc(CCCCNC(=O)C(NC(=O)[C@@H]4CC[C@@H]5CC[C@H](CNCc6ccccc6)[C@H](NC(=O)[C@H](CC)NC)C(=O)N54)(c4ccccc4)c4ccccc4)cc3)(c3ccccc3)c3ccccc3)CC[C@@H]2CC[C@@H]1CCNCc1ccccc1. The number of hydrogen-bond acceptors (Lipinski definition) is 12. The van der Waals surface area contributed by atoms with Gasteiger partial charge in [0.15, 0.2) is 11.1 Å². The molecule has 4 fully saturated rings. The van der Waals surface area contributed by atoms with Crippen LogP contribution in [0.1, 0.15) is 155 Å². The third kappa shape index (κ3) is 19.6. The van der Waals surface area contributed by atoms with Crippen molar-refractivity contribution in [2.75, 3.05) is 40.3 Å². The maximum absolute atomic E-state index is 15.3. The zero-order valence-electron chi connectivity index (χ0n) is 63.8. The predicted octanol–water partition coefficient (Wildman–Crippen LogP) is 9.16. The molecule has 8 amide bonds. The highest BCUT2D eigenvalue weighted by Gasteiger charge is 2.53. The zero-order valence-corrected chi connectivity index (χ0v) is 63.8. The number of aryl methyl sites for hydroxylation is 2. The Hall–Kier alpha value is -9.86. The Kier molecular flexibility index (Phi) is 29.0. The highest BCUT2D eigenvalue weighted by atomic mass is 16.2. The van der Waals surface area contributed by atoms with Crippen molar-refractivity contribution in [1.82, 2.24) is 63.0 Å². The summed E-state index contributed by atoms with van der Waals surface area (Å²) in [6.45, 7) is 6.93. The molecule has 20 nitrogen and oxygen atoms in total. The Morgan fingerprint density at radius 3 is 1.13 bits per heavy atom. The minimum absolute atomic E-state index is 0.173. The minimum Gasteiger partial charge on any atom is -0.353 e. The third-order valence-corrected chi connectivity index (χ3v) is 23.0. The van der Waals surface area contributed by atoms with Crippen LogP contribution >= 0.6 is 0 Å². The highest BCUT2D eigenvalue weighted by molar-refractivity contribution is 6.01. The van der Waals surface area contributed by atoms with Crippen LogP contribution in [-0.4, -0.2) is 146 Å². The summed E-state index contributed by atoms with van der Waals surface area (Å²) in [6.07, 6.45) is 10.9. The van der Waals surface area contributed by atoms with Crippen molar-refractivity contribution in [2.45, 2.75) is 196 Å². The summed E-state index contributed by atoms with van der Waals surface area (Å²) >= 11 is 0. The maximum Gasteiger partial charge on any atom is 0.255 e. The quantitative estimate of drug-likeness (QED) is 0.0164. The molecule has 4 aliphatic rings. The summed E-state index contributed by atoms with van der Waals surface area (Å²) in [5, 5.41) is 32.6. The van der Waals surface area contributed by atoms with E-state index < -0.39 is 71.0 Å². The van der Waals surface area contributed by atoms with Crippen LogP contribution in [0.2, 0.25) is 0 Å². The Morgan fingerprint density at radius 1 is 0.404 bits per heavy atom. The number of nitrogens with zero attached hydrogens (tertiary/aromatic N) is 2. The summed E-state index contributed by atoms with van der Waals surface area (Å²) in [4.78, 5) is 123. The van der Waals surface area contributed by atoms with E-state index in [2.05, 4.69) is 89.6 Å². The smallest absolute Gasteiger partial charge is 0.255 e. The van der Waals surface area contributed by atoms with Gasteiger partial charge in [-0.25, -0.2) is 0 Å². The fourth-order valence-electron chi connectivity index (χ4n) is 16.9. The first-order valence-corrected chi connectivity index (χ1v) is 39.8. The fraction of sp³-hybridized carbons (Fsp3) is 0.438. The normalized spacial score (nSPS) is 20.5. The lowest BCUT2D eigenvalue weighted by Gasteiger charge is -2.38. The second kappa shape index (κ2) is 39.5. The summed E-state index contributed by atoms with van der Waals surface area (Å²) in [5.41, 5.74) is 3.54. The monoisotopic (exact) mass is 1480 g/mol. The van der Waals surface area contributed by atoms with Crippen molar-refractivity contribution in [3.05, 3.63) is 251 Å². The molecule has 11 rings (SSSR count). The average molecular weight is 1480 g/mol. The molecular formula is C89H112N12O8. The lowest BCUT2D eigenvalue weighted by atomic mass is 9.81. The van der Waals surface area contributed by atoms with Gasteiger partial charge in [0.25, 0.3) is 11.8 Å². The van der Waals surface area contributed by atoms with Crippen LogP contribution in [0.15, 0.2) is 206 Å². The Morgan fingerprint density at radius 2 is 0.752 bits per heavy atom. The summed E-state index contributed by atoms with van der Waals surface area (Å²) in [5.74, 6) is -3.15. The van der Waals surface area contributed by atoms with E-state index in [1.54, 1.807) is 23.9 Å². The van der Waals surface area contributed by atoms with Crippen LogP contribution in [0, 0.1) is 11.8 Å². The van der Waals surface area contributed by atoms with Gasteiger partial charge in [-0.05, 0) is 180 Å². The zero-order chi connectivity index (χ0) is 76.5. The first kappa shape index (κ1) is 80.2.